The van der Waals surface area contributed by atoms with Crippen molar-refractivity contribution in [3.8, 4) is 5.00 Å². The molecule has 0 saturated heterocycles. The number of thiophene rings is 1. The molecule has 0 radical (unpaired) electrons. The van der Waals surface area contributed by atoms with Crippen LogP contribution >= 0.6 is 11.3 Å². The molecule has 4 rings (SSSR count). The van der Waals surface area contributed by atoms with Gasteiger partial charge in [-0.3, -0.25) is 4.57 Å². The van der Waals surface area contributed by atoms with Crippen LogP contribution in [-0.2, 0) is 24.4 Å². The topological polar surface area (TPSA) is 39.9 Å². The summed E-state index contributed by atoms with van der Waals surface area (Å²) in [6, 6.07) is 6.94. The largest absolute Gasteiger partial charge is 0.369 e. The zero-order valence-corrected chi connectivity index (χ0v) is 13.8. The van der Waals surface area contributed by atoms with Crippen molar-refractivity contribution in [1.29, 1.82) is 0 Å². The Bertz CT molecular complexity index is 884. The molecule has 2 aromatic heterocycles. The summed E-state index contributed by atoms with van der Waals surface area (Å²) in [4.78, 5) is 1.18. The average molecular weight is 329 g/mol. The van der Waals surface area contributed by atoms with Crippen LogP contribution in [-0.4, -0.2) is 14.8 Å². The molecule has 0 bridgehead atoms. The predicted molar refractivity (Wildman–Crippen MR) is 86.4 cm³/mol. The second-order valence-electron chi connectivity index (χ2n) is 5.68. The summed E-state index contributed by atoms with van der Waals surface area (Å²) in [5.41, 5.74) is 2.98. The molecule has 0 N–H and O–H groups in total. The van der Waals surface area contributed by atoms with Crippen molar-refractivity contribution in [2.45, 2.75) is 33.5 Å². The first kappa shape index (κ1) is 14.5. The Morgan fingerprint density at radius 1 is 1.22 bits per heavy atom. The molecule has 23 heavy (non-hydrogen) atoms. The van der Waals surface area contributed by atoms with Gasteiger partial charge in [0.25, 0.3) is 0 Å². The van der Waals surface area contributed by atoms with E-state index in [2.05, 4.69) is 21.7 Å². The fourth-order valence-corrected chi connectivity index (χ4v) is 4.25. The third kappa shape index (κ3) is 2.38. The highest BCUT2D eigenvalue weighted by molar-refractivity contribution is 7.14. The summed E-state index contributed by atoms with van der Waals surface area (Å²) in [5.74, 6) is 1.51. The number of nitrogens with zero attached hydrogens (tertiary/aromatic N) is 3. The zero-order chi connectivity index (χ0) is 16.0. The first-order valence-corrected chi connectivity index (χ1v) is 8.30. The summed E-state index contributed by atoms with van der Waals surface area (Å²) < 4.78 is 21.9. The van der Waals surface area contributed by atoms with Crippen molar-refractivity contribution in [2.24, 2.45) is 0 Å². The van der Waals surface area contributed by atoms with Gasteiger partial charge in [0, 0.05) is 16.9 Å². The molecule has 6 heteroatoms. The molecule has 118 valence electrons. The molecule has 0 spiro atoms. The molecule has 1 aromatic carbocycles. The maximum atomic E-state index is 14.0. The molecule has 0 aliphatic carbocycles. The van der Waals surface area contributed by atoms with E-state index in [1.165, 1.54) is 10.9 Å². The van der Waals surface area contributed by atoms with Crippen LogP contribution < -0.4 is 0 Å². The zero-order valence-electron chi connectivity index (χ0n) is 13.0. The Morgan fingerprint density at radius 2 is 2.04 bits per heavy atom. The van der Waals surface area contributed by atoms with Crippen LogP contribution in [0.5, 0.6) is 0 Å². The maximum absolute atomic E-state index is 14.0. The summed E-state index contributed by atoms with van der Waals surface area (Å²) in [5, 5.41) is 9.44. The van der Waals surface area contributed by atoms with Gasteiger partial charge in [0.1, 0.15) is 23.2 Å². The monoisotopic (exact) mass is 329 g/mol. The van der Waals surface area contributed by atoms with Crippen LogP contribution in [0.2, 0.25) is 0 Å². The first-order valence-electron chi connectivity index (χ1n) is 7.48. The van der Waals surface area contributed by atoms with E-state index in [-0.39, 0.29) is 5.82 Å². The van der Waals surface area contributed by atoms with Crippen molar-refractivity contribution in [3.05, 3.63) is 63.3 Å². The van der Waals surface area contributed by atoms with Crippen LogP contribution in [0.4, 0.5) is 4.39 Å². The van der Waals surface area contributed by atoms with E-state index in [4.69, 9.17) is 4.74 Å². The van der Waals surface area contributed by atoms with Gasteiger partial charge >= 0.3 is 0 Å². The van der Waals surface area contributed by atoms with Crippen molar-refractivity contribution >= 4 is 11.3 Å². The number of aryl methyl sites for hydroxylation is 2. The Labute approximate surface area is 137 Å². The van der Waals surface area contributed by atoms with Gasteiger partial charge < -0.3 is 4.74 Å². The number of ether oxygens (including phenoxy) is 1. The number of halogens is 1. The van der Waals surface area contributed by atoms with E-state index in [0.29, 0.717) is 25.2 Å². The summed E-state index contributed by atoms with van der Waals surface area (Å²) in [7, 11) is 0. The van der Waals surface area contributed by atoms with Crippen LogP contribution in [0.1, 0.15) is 33.2 Å². The predicted octanol–water partition coefficient (Wildman–Crippen LogP) is 3.71. The van der Waals surface area contributed by atoms with Crippen LogP contribution in [0.3, 0.4) is 0 Å². The smallest absolute Gasteiger partial charge is 0.164 e. The van der Waals surface area contributed by atoms with E-state index in [0.717, 1.165) is 27.8 Å². The van der Waals surface area contributed by atoms with E-state index < -0.39 is 0 Å². The molecule has 0 saturated carbocycles. The number of hydrogen-bond acceptors (Lipinski definition) is 4. The highest BCUT2D eigenvalue weighted by atomic mass is 32.1. The number of rotatable bonds is 2. The molecule has 3 aromatic rings. The molecule has 0 amide bonds. The highest BCUT2D eigenvalue weighted by Gasteiger charge is 2.24. The van der Waals surface area contributed by atoms with Gasteiger partial charge in [-0.1, -0.05) is 18.2 Å². The van der Waals surface area contributed by atoms with Crippen LogP contribution in [0.25, 0.3) is 5.00 Å². The molecule has 1 aliphatic heterocycles. The SMILES string of the molecule is Cc1sc2c(c1Cc1ccccc1F)COCc1nnc(C)n1-2. The number of fused-ring (bicyclic) bond motifs is 3. The van der Waals surface area contributed by atoms with E-state index in [9.17, 15) is 4.39 Å². The van der Waals surface area contributed by atoms with Gasteiger partial charge in [0.15, 0.2) is 5.82 Å². The molecule has 0 atom stereocenters. The molecular weight excluding hydrogens is 313 g/mol. The first-order chi connectivity index (χ1) is 11.1. The Morgan fingerprint density at radius 3 is 2.87 bits per heavy atom. The minimum atomic E-state index is -0.164. The van der Waals surface area contributed by atoms with Crippen LogP contribution in [0.15, 0.2) is 24.3 Å². The normalized spacial score (nSPS) is 13.5. The van der Waals surface area contributed by atoms with Crippen LogP contribution in [0, 0.1) is 19.7 Å². The van der Waals surface area contributed by atoms with Gasteiger partial charge in [-0.05, 0) is 31.0 Å². The fraction of sp³-hybridized carbons (Fsp3) is 0.294. The van der Waals surface area contributed by atoms with Gasteiger partial charge in [0.2, 0.25) is 0 Å². The van der Waals surface area contributed by atoms with E-state index in [1.54, 1.807) is 17.4 Å². The van der Waals surface area contributed by atoms with Crippen molar-refractivity contribution in [3.63, 3.8) is 0 Å². The summed E-state index contributed by atoms with van der Waals surface area (Å²) in [6.07, 6.45) is 0.574. The number of aromatic nitrogens is 3. The van der Waals surface area contributed by atoms with Crippen molar-refractivity contribution in [1.82, 2.24) is 14.8 Å². The molecule has 3 heterocycles. The van der Waals surface area contributed by atoms with Crippen molar-refractivity contribution < 1.29 is 9.13 Å². The highest BCUT2D eigenvalue weighted by Crippen LogP contribution is 2.36. The molecule has 0 fully saturated rings. The Hall–Kier alpha value is -2.05. The second-order valence-corrected chi connectivity index (χ2v) is 6.88. The Kier molecular flexibility index (Phi) is 3.50. The molecule has 4 nitrogen and oxygen atoms in total. The Balaban J connectivity index is 1.84. The van der Waals surface area contributed by atoms with Gasteiger partial charge in [-0.25, -0.2) is 4.39 Å². The van der Waals surface area contributed by atoms with E-state index in [1.807, 2.05) is 19.1 Å². The third-order valence-electron chi connectivity index (χ3n) is 4.19. The summed E-state index contributed by atoms with van der Waals surface area (Å²) >= 11 is 1.70. The van der Waals surface area contributed by atoms with Gasteiger partial charge in [-0.15, -0.1) is 21.5 Å². The lowest BCUT2D eigenvalue weighted by Gasteiger charge is -2.08. The third-order valence-corrected chi connectivity index (χ3v) is 5.37. The average Bonchev–Trinajstić information content (AvgIpc) is 2.97. The lowest BCUT2D eigenvalue weighted by atomic mass is 10.0. The molecule has 1 aliphatic rings. The number of hydrogen-bond donors (Lipinski definition) is 0. The lowest BCUT2D eigenvalue weighted by Crippen LogP contribution is -2.01. The van der Waals surface area contributed by atoms with Gasteiger partial charge in [0.05, 0.1) is 6.61 Å². The standard InChI is InChI=1S/C17H16FN3OS/c1-10-13(7-12-5-3-4-6-15(12)18)14-8-22-9-16-20-19-11(2)21(16)17(14)23-10/h3-6H,7-9H2,1-2H3. The molecular formula is C17H16FN3OS. The lowest BCUT2D eigenvalue weighted by molar-refractivity contribution is 0.104. The summed E-state index contributed by atoms with van der Waals surface area (Å²) in [6.45, 7) is 4.98. The maximum Gasteiger partial charge on any atom is 0.164 e. The minimum absolute atomic E-state index is 0.164. The van der Waals surface area contributed by atoms with Gasteiger partial charge in [-0.2, -0.15) is 0 Å². The minimum Gasteiger partial charge on any atom is -0.369 e. The van der Waals surface area contributed by atoms with E-state index >= 15 is 0 Å². The fourth-order valence-electron chi connectivity index (χ4n) is 3.01. The van der Waals surface area contributed by atoms with Crippen molar-refractivity contribution in [2.75, 3.05) is 0 Å². The molecule has 0 unspecified atom stereocenters. The quantitative estimate of drug-likeness (QED) is 0.719. The number of benzene rings is 1. The second kappa shape index (κ2) is 5.54.